The summed E-state index contributed by atoms with van der Waals surface area (Å²) >= 11 is 1.42. The number of carbonyl (C=O) groups is 1. The van der Waals surface area contributed by atoms with Gasteiger partial charge in [-0.25, -0.2) is 4.79 Å². The standard InChI is InChI=1S/C20H16N2O3S/c1-11-8-9-16-17(12(11)2)22(3)20(26-16)21-18(23)14-10-13-6-4-5-7-15(13)25-19(14)24/h4-10H,1-3H3. The molecule has 2 aromatic heterocycles. The number of fused-ring (bicyclic) bond motifs is 2. The fourth-order valence-electron chi connectivity index (χ4n) is 2.99. The minimum Gasteiger partial charge on any atom is -0.422 e. The van der Waals surface area contributed by atoms with Gasteiger partial charge in [0.15, 0.2) is 4.80 Å². The zero-order valence-corrected chi connectivity index (χ0v) is 15.4. The van der Waals surface area contributed by atoms with Crippen molar-refractivity contribution in [1.29, 1.82) is 0 Å². The second-order valence-corrected chi connectivity index (χ2v) is 7.21. The van der Waals surface area contributed by atoms with Crippen molar-refractivity contribution in [3.05, 3.63) is 74.4 Å². The third-order valence-corrected chi connectivity index (χ3v) is 5.65. The highest BCUT2D eigenvalue weighted by atomic mass is 32.1. The van der Waals surface area contributed by atoms with Crippen molar-refractivity contribution in [3.8, 4) is 0 Å². The third kappa shape index (κ3) is 2.59. The zero-order valence-electron chi connectivity index (χ0n) is 14.6. The van der Waals surface area contributed by atoms with Crippen LogP contribution < -0.4 is 10.4 Å². The average molecular weight is 364 g/mol. The van der Waals surface area contributed by atoms with Gasteiger partial charge < -0.3 is 8.98 Å². The highest BCUT2D eigenvalue weighted by Gasteiger charge is 2.14. The number of para-hydroxylation sites is 1. The molecule has 1 amide bonds. The Balaban J connectivity index is 1.89. The van der Waals surface area contributed by atoms with Crippen LogP contribution in [0.25, 0.3) is 21.2 Å². The molecule has 0 bridgehead atoms. The summed E-state index contributed by atoms with van der Waals surface area (Å²) in [4.78, 5) is 29.5. The monoisotopic (exact) mass is 364 g/mol. The lowest BCUT2D eigenvalue weighted by Gasteiger charge is -2.03. The van der Waals surface area contributed by atoms with Gasteiger partial charge in [-0.1, -0.05) is 35.6 Å². The molecule has 2 heterocycles. The van der Waals surface area contributed by atoms with E-state index in [-0.39, 0.29) is 5.56 Å². The van der Waals surface area contributed by atoms with E-state index >= 15 is 0 Å². The molecular weight excluding hydrogens is 348 g/mol. The van der Waals surface area contributed by atoms with Crippen LogP contribution in [0.4, 0.5) is 0 Å². The Kier molecular flexibility index (Phi) is 3.85. The number of amides is 1. The number of hydrogen-bond donors (Lipinski definition) is 0. The van der Waals surface area contributed by atoms with Crippen molar-refractivity contribution >= 4 is 38.4 Å². The number of thiazole rings is 1. The fraction of sp³-hybridized carbons (Fsp3) is 0.150. The van der Waals surface area contributed by atoms with Gasteiger partial charge >= 0.3 is 5.63 Å². The largest absolute Gasteiger partial charge is 0.422 e. The molecule has 6 heteroatoms. The topological polar surface area (TPSA) is 64.6 Å². The maximum atomic E-state index is 12.6. The highest BCUT2D eigenvalue weighted by molar-refractivity contribution is 7.16. The van der Waals surface area contributed by atoms with E-state index in [1.165, 1.54) is 23.0 Å². The summed E-state index contributed by atoms with van der Waals surface area (Å²) < 4.78 is 8.18. The molecule has 4 aromatic rings. The second-order valence-electron chi connectivity index (χ2n) is 6.20. The van der Waals surface area contributed by atoms with Crippen molar-refractivity contribution < 1.29 is 9.21 Å². The number of nitrogens with zero attached hydrogens (tertiary/aromatic N) is 2. The molecule has 26 heavy (non-hydrogen) atoms. The first kappa shape index (κ1) is 16.5. The van der Waals surface area contributed by atoms with Gasteiger partial charge in [0, 0.05) is 12.4 Å². The van der Waals surface area contributed by atoms with E-state index in [1.54, 1.807) is 18.2 Å². The van der Waals surface area contributed by atoms with Crippen LogP contribution in [0.2, 0.25) is 0 Å². The molecule has 0 unspecified atom stereocenters. The molecule has 0 aliphatic rings. The van der Waals surface area contributed by atoms with Gasteiger partial charge in [0.1, 0.15) is 11.1 Å². The van der Waals surface area contributed by atoms with E-state index in [0.29, 0.717) is 15.8 Å². The highest BCUT2D eigenvalue weighted by Crippen LogP contribution is 2.23. The molecule has 0 fully saturated rings. The first-order valence-electron chi connectivity index (χ1n) is 8.13. The summed E-state index contributed by atoms with van der Waals surface area (Å²) in [5, 5.41) is 0.692. The van der Waals surface area contributed by atoms with Crippen molar-refractivity contribution in [3.63, 3.8) is 0 Å². The fourth-order valence-corrected chi connectivity index (χ4v) is 4.07. The molecule has 0 radical (unpaired) electrons. The SMILES string of the molecule is Cc1ccc2sc(=NC(=O)c3cc4ccccc4oc3=O)n(C)c2c1C. The van der Waals surface area contributed by atoms with Crippen molar-refractivity contribution in [1.82, 2.24) is 4.57 Å². The molecule has 0 saturated carbocycles. The van der Waals surface area contributed by atoms with Crippen LogP contribution in [0.3, 0.4) is 0 Å². The summed E-state index contributed by atoms with van der Waals surface area (Å²) in [6.45, 7) is 4.10. The second kappa shape index (κ2) is 6.07. The molecule has 0 atom stereocenters. The van der Waals surface area contributed by atoms with Crippen molar-refractivity contribution in [2.75, 3.05) is 0 Å². The van der Waals surface area contributed by atoms with Crippen molar-refractivity contribution in [2.45, 2.75) is 13.8 Å². The Morgan fingerprint density at radius 2 is 1.92 bits per heavy atom. The molecule has 4 rings (SSSR count). The molecule has 0 saturated heterocycles. The summed E-state index contributed by atoms with van der Waals surface area (Å²) in [6.07, 6.45) is 0. The summed E-state index contributed by atoms with van der Waals surface area (Å²) in [5.41, 5.74) is 3.10. The normalized spacial score (nSPS) is 12.2. The number of rotatable bonds is 1. The van der Waals surface area contributed by atoms with Gasteiger partial charge in [0.05, 0.1) is 10.2 Å². The number of hydrogen-bond acceptors (Lipinski definition) is 4. The predicted molar refractivity (Wildman–Crippen MR) is 103 cm³/mol. The van der Waals surface area contributed by atoms with Gasteiger partial charge in [-0.2, -0.15) is 4.99 Å². The minimum absolute atomic E-state index is 0.0611. The minimum atomic E-state index is -0.673. The number of aromatic nitrogens is 1. The molecule has 5 nitrogen and oxygen atoms in total. The maximum Gasteiger partial charge on any atom is 0.349 e. The predicted octanol–water partition coefficient (Wildman–Crippen LogP) is 3.70. The molecule has 0 aliphatic heterocycles. The van der Waals surface area contributed by atoms with E-state index in [9.17, 15) is 9.59 Å². The van der Waals surface area contributed by atoms with Crippen LogP contribution in [0.1, 0.15) is 21.5 Å². The first-order chi connectivity index (χ1) is 12.5. The Morgan fingerprint density at radius 3 is 2.73 bits per heavy atom. The van der Waals surface area contributed by atoms with E-state index in [0.717, 1.165) is 15.8 Å². The van der Waals surface area contributed by atoms with E-state index in [1.807, 2.05) is 30.7 Å². The zero-order chi connectivity index (χ0) is 18.4. The molecule has 130 valence electrons. The molecule has 0 N–H and O–H groups in total. The van der Waals surface area contributed by atoms with Crippen LogP contribution >= 0.6 is 11.3 Å². The van der Waals surface area contributed by atoms with Crippen LogP contribution in [-0.2, 0) is 7.05 Å². The van der Waals surface area contributed by atoms with Crippen LogP contribution in [0.5, 0.6) is 0 Å². The average Bonchev–Trinajstić information content (AvgIpc) is 2.94. The number of aryl methyl sites for hydroxylation is 3. The lowest BCUT2D eigenvalue weighted by atomic mass is 10.1. The smallest absolute Gasteiger partial charge is 0.349 e. The van der Waals surface area contributed by atoms with E-state index < -0.39 is 11.5 Å². The molecule has 2 aromatic carbocycles. The van der Waals surface area contributed by atoms with Gasteiger partial charge in [-0.3, -0.25) is 4.79 Å². The van der Waals surface area contributed by atoms with Gasteiger partial charge in [0.2, 0.25) is 0 Å². The third-order valence-electron chi connectivity index (χ3n) is 4.56. The quantitative estimate of drug-likeness (QED) is 0.484. The summed E-state index contributed by atoms with van der Waals surface area (Å²) in [5.74, 6) is -0.596. The maximum absolute atomic E-state index is 12.6. The lowest BCUT2D eigenvalue weighted by Crippen LogP contribution is -2.18. The summed E-state index contributed by atoms with van der Waals surface area (Å²) in [7, 11) is 1.88. The Morgan fingerprint density at radius 1 is 1.15 bits per heavy atom. The van der Waals surface area contributed by atoms with Crippen LogP contribution in [-0.4, -0.2) is 10.5 Å². The number of carbonyl (C=O) groups excluding carboxylic acids is 1. The molecular formula is C20H16N2O3S. The van der Waals surface area contributed by atoms with Crippen LogP contribution in [0, 0.1) is 13.8 Å². The van der Waals surface area contributed by atoms with Gasteiger partial charge in [-0.15, -0.1) is 0 Å². The number of benzene rings is 2. The van der Waals surface area contributed by atoms with Gasteiger partial charge in [0.25, 0.3) is 5.91 Å². The first-order valence-corrected chi connectivity index (χ1v) is 8.95. The van der Waals surface area contributed by atoms with E-state index in [2.05, 4.69) is 18.0 Å². The Labute approximate surface area is 152 Å². The molecule has 0 aliphatic carbocycles. The van der Waals surface area contributed by atoms with E-state index in [4.69, 9.17) is 4.42 Å². The Hall–Kier alpha value is -2.99. The molecule has 0 spiro atoms. The Bertz CT molecular complexity index is 1310. The van der Waals surface area contributed by atoms with Crippen molar-refractivity contribution in [2.24, 2.45) is 12.0 Å². The summed E-state index contributed by atoms with van der Waals surface area (Å²) in [6, 6.07) is 12.7. The van der Waals surface area contributed by atoms with Crippen LogP contribution in [0.15, 0.2) is 56.7 Å². The lowest BCUT2D eigenvalue weighted by molar-refractivity contribution is 0.0994. The van der Waals surface area contributed by atoms with Gasteiger partial charge in [-0.05, 0) is 43.2 Å².